The highest BCUT2D eigenvalue weighted by Crippen LogP contribution is 2.34. The summed E-state index contributed by atoms with van der Waals surface area (Å²) < 4.78 is 6.43. The van der Waals surface area contributed by atoms with E-state index in [0.717, 1.165) is 43.4 Å². The number of aliphatic hydroxyl groups excluding tert-OH is 3. The van der Waals surface area contributed by atoms with Crippen molar-refractivity contribution < 1.29 is 48.8 Å². The second-order valence-corrected chi connectivity index (χ2v) is 21.6. The van der Waals surface area contributed by atoms with Crippen molar-refractivity contribution in [2.24, 2.45) is 5.92 Å². The first-order chi connectivity index (χ1) is 35.4. The summed E-state index contributed by atoms with van der Waals surface area (Å²) in [7, 11) is 0. The Bertz CT molecular complexity index is 2850. The molecule has 0 radical (unpaired) electrons. The number of fused-ring (bicyclic) bond motifs is 1. The van der Waals surface area contributed by atoms with Gasteiger partial charge in [0.1, 0.15) is 36.0 Å². The molecule has 5 aromatic rings. The van der Waals surface area contributed by atoms with Gasteiger partial charge in [-0.15, -0.1) is 22.7 Å². The number of carbonyl (C=O) groups excluding carboxylic acids is 6. The van der Waals surface area contributed by atoms with Crippen molar-refractivity contribution in [2.45, 2.75) is 135 Å². The molecule has 74 heavy (non-hydrogen) atoms. The molecule has 3 aliphatic heterocycles. The molecule has 0 aliphatic carbocycles. The fourth-order valence-electron chi connectivity index (χ4n) is 9.80. The van der Waals surface area contributed by atoms with E-state index in [1.807, 2.05) is 76.2 Å². The maximum atomic E-state index is 14.4. The number of hydrogen-bond donors (Lipinski definition) is 6. The zero-order valence-electron chi connectivity index (χ0n) is 42.3. The van der Waals surface area contributed by atoms with Crippen molar-refractivity contribution in [3.05, 3.63) is 111 Å². The van der Waals surface area contributed by atoms with Crippen LogP contribution in [0, 0.1) is 19.8 Å². The average Bonchev–Trinajstić information content (AvgIpc) is 4.23. The van der Waals surface area contributed by atoms with Crippen LogP contribution in [0.25, 0.3) is 20.9 Å². The first-order valence-electron chi connectivity index (χ1n) is 25.0. The fraction of sp³-hybridized carbons (Fsp3) is 0.444. The molecule has 5 heterocycles. The van der Waals surface area contributed by atoms with Crippen LogP contribution in [-0.2, 0) is 43.6 Å². The third kappa shape index (κ3) is 12.2. The third-order valence-electron chi connectivity index (χ3n) is 13.8. The Morgan fingerprint density at radius 3 is 1.81 bits per heavy atom. The van der Waals surface area contributed by atoms with Crippen LogP contribution >= 0.6 is 22.7 Å². The van der Waals surface area contributed by atoms with E-state index in [1.165, 1.54) is 46.0 Å². The molecule has 0 bridgehead atoms. The van der Waals surface area contributed by atoms with Crippen molar-refractivity contribution >= 4 is 58.1 Å². The molecule has 8 atom stereocenters. The van der Waals surface area contributed by atoms with Crippen LogP contribution in [0.4, 0.5) is 0 Å². The Morgan fingerprint density at radius 1 is 0.743 bits per heavy atom. The quantitative estimate of drug-likeness (QED) is 0.0670. The predicted molar refractivity (Wildman–Crippen MR) is 278 cm³/mol. The molecule has 8 rings (SSSR count). The van der Waals surface area contributed by atoms with E-state index in [0.29, 0.717) is 12.0 Å². The van der Waals surface area contributed by atoms with Gasteiger partial charge in [0, 0.05) is 51.0 Å². The van der Waals surface area contributed by atoms with Gasteiger partial charge in [-0.3, -0.25) is 28.8 Å². The summed E-state index contributed by atoms with van der Waals surface area (Å²) >= 11 is 3.08. The lowest BCUT2D eigenvalue weighted by Gasteiger charge is -2.34. The van der Waals surface area contributed by atoms with E-state index in [4.69, 9.17) is 4.74 Å². The zero-order valence-corrected chi connectivity index (χ0v) is 44.0. The number of hydrogen-bond acceptors (Lipinski definition) is 14. The smallest absolute Gasteiger partial charge is 0.255 e. The topological polar surface area (TPSA) is 244 Å². The minimum atomic E-state index is -1.40. The Balaban J connectivity index is 0.942. The van der Waals surface area contributed by atoms with Crippen LogP contribution in [-0.4, -0.2) is 137 Å². The number of rotatable bonds is 19. The van der Waals surface area contributed by atoms with Crippen LogP contribution in [0.5, 0.6) is 5.75 Å². The lowest BCUT2D eigenvalue weighted by Crippen LogP contribution is -2.57. The molecule has 3 aromatic carbocycles. The first kappa shape index (κ1) is 53.7. The maximum Gasteiger partial charge on any atom is 0.255 e. The van der Waals surface area contributed by atoms with Crippen LogP contribution < -0.4 is 20.7 Å². The summed E-state index contributed by atoms with van der Waals surface area (Å²) in [5.41, 5.74) is 9.85. The van der Waals surface area contributed by atoms with Crippen molar-refractivity contribution in [3.8, 4) is 26.6 Å². The lowest BCUT2D eigenvalue weighted by atomic mass is 10.1. The van der Waals surface area contributed by atoms with Gasteiger partial charge in [0.05, 0.1) is 57.0 Å². The maximum absolute atomic E-state index is 14.4. The summed E-state index contributed by atoms with van der Waals surface area (Å²) in [5.74, 6) is -2.77. The monoisotopic (exact) mass is 1050 g/mol. The highest BCUT2D eigenvalue weighted by Gasteiger charge is 2.48. The van der Waals surface area contributed by atoms with Gasteiger partial charge in [-0.2, -0.15) is 0 Å². The van der Waals surface area contributed by atoms with Gasteiger partial charge in [0.2, 0.25) is 29.5 Å². The fourth-order valence-corrected chi connectivity index (χ4v) is 11.4. The van der Waals surface area contributed by atoms with E-state index < -0.39 is 84.0 Å². The molecule has 0 saturated carbocycles. The number of β-amino-alcohol motifs (C(OH)–C–C–N with tert-alkyl or cyclic N) is 1. The normalized spacial score (nSPS) is 20.0. The van der Waals surface area contributed by atoms with E-state index in [2.05, 4.69) is 25.9 Å². The SMILES string of the molecule is Cc1ncsc1-c1ccc(CNC(=O)[C@@H]2C[C@@H](Oc3ccc4c(c3)C(=O)N([C@H](C(=O)N3C[C@H](O)C[C@H]3C(=O)NCc3ccc(-c5scnc5C)cc3)[C@H](C)O)C4)CN2C(=O)[C@@H](NC(=O)CCC(C)C)[C@H](C)O)cc1. The number of nitrogens with one attached hydrogen (secondary N) is 3. The number of benzene rings is 3. The van der Waals surface area contributed by atoms with E-state index in [-0.39, 0.29) is 69.2 Å². The van der Waals surface area contributed by atoms with Crippen LogP contribution in [0.15, 0.2) is 77.8 Å². The number of aryl methyl sites for hydroxylation is 2. The molecule has 2 aromatic heterocycles. The summed E-state index contributed by atoms with van der Waals surface area (Å²) in [6, 6.07) is 15.4. The molecule has 6 amide bonds. The number of likely N-dealkylation sites (tertiary alicyclic amines) is 2. The average molecular weight is 1050 g/mol. The molecule has 2 fully saturated rings. The van der Waals surface area contributed by atoms with Crippen LogP contribution in [0.3, 0.4) is 0 Å². The molecular weight excluding hydrogens is 985 g/mol. The number of aliphatic hydroxyl groups is 3. The molecule has 20 heteroatoms. The van der Waals surface area contributed by atoms with Gasteiger partial charge in [-0.1, -0.05) is 68.4 Å². The Kier molecular flexibility index (Phi) is 16.9. The van der Waals surface area contributed by atoms with Crippen molar-refractivity contribution in [1.29, 1.82) is 0 Å². The van der Waals surface area contributed by atoms with Crippen molar-refractivity contribution in [1.82, 2.24) is 40.6 Å². The standard InChI is InChI=1S/C54H64N8O10S2/c1-29(2)7-18-45(66)59-46(32(5)63)53(70)61-26-41(21-44(61)51(68)56-23-35-10-14-37(15-11-35)49-31(4)58-28-74-49)72-40-17-16-38-24-62(52(69)42(38)20-40)47(33(6)64)54(71)60-25-39(65)19-43(60)50(67)55-22-34-8-12-36(13-9-34)48-30(3)57-27-73-48/h8-17,20,27-29,32-33,39,41,43-44,46-47,63-65H,7,18-19,21-26H2,1-6H3,(H,55,67)(H,56,68)(H,59,66)/t32-,33-,39+,41+,43-,44-,46-,47-/m0/s1. The molecule has 0 unspecified atom stereocenters. The molecule has 18 nitrogen and oxygen atoms in total. The van der Waals surface area contributed by atoms with E-state index in [9.17, 15) is 44.1 Å². The zero-order chi connectivity index (χ0) is 53.0. The van der Waals surface area contributed by atoms with Crippen molar-refractivity contribution in [3.63, 3.8) is 0 Å². The number of nitrogens with zero attached hydrogens (tertiary/aromatic N) is 5. The molecular formula is C54H64N8O10S2. The van der Waals surface area contributed by atoms with Gasteiger partial charge in [0.25, 0.3) is 5.91 Å². The van der Waals surface area contributed by atoms with Crippen LogP contribution in [0.2, 0.25) is 0 Å². The first-order valence-corrected chi connectivity index (χ1v) is 26.7. The summed E-state index contributed by atoms with van der Waals surface area (Å²) in [6.07, 6.45) is -3.68. The van der Waals surface area contributed by atoms with Gasteiger partial charge in [0.15, 0.2) is 0 Å². The number of aromatic nitrogens is 2. The largest absolute Gasteiger partial charge is 0.488 e. The minimum Gasteiger partial charge on any atom is -0.488 e. The summed E-state index contributed by atoms with van der Waals surface area (Å²) in [5, 5.41) is 41.2. The summed E-state index contributed by atoms with van der Waals surface area (Å²) in [4.78, 5) is 98.3. The van der Waals surface area contributed by atoms with Crippen molar-refractivity contribution in [2.75, 3.05) is 13.1 Å². The van der Waals surface area contributed by atoms with Crippen LogP contribution in [0.1, 0.15) is 91.8 Å². The minimum absolute atomic E-state index is 0.0238. The molecule has 0 spiro atoms. The molecule has 6 N–H and O–H groups in total. The van der Waals surface area contributed by atoms with Gasteiger partial charge in [-0.25, -0.2) is 9.97 Å². The second-order valence-electron chi connectivity index (χ2n) is 19.9. The molecule has 3 aliphatic rings. The predicted octanol–water partition coefficient (Wildman–Crippen LogP) is 4.50. The highest BCUT2D eigenvalue weighted by molar-refractivity contribution is 7.13. The van der Waals surface area contributed by atoms with Gasteiger partial charge in [-0.05, 0) is 80.0 Å². The Morgan fingerprint density at radius 2 is 1.30 bits per heavy atom. The number of amides is 6. The van der Waals surface area contributed by atoms with Gasteiger partial charge < -0.3 is 50.7 Å². The molecule has 392 valence electrons. The number of thiazole rings is 2. The van der Waals surface area contributed by atoms with E-state index in [1.54, 1.807) is 34.5 Å². The third-order valence-corrected chi connectivity index (χ3v) is 15.8. The van der Waals surface area contributed by atoms with E-state index >= 15 is 0 Å². The number of carbonyl (C=O) groups is 6. The van der Waals surface area contributed by atoms with Gasteiger partial charge >= 0.3 is 0 Å². The summed E-state index contributed by atoms with van der Waals surface area (Å²) in [6.45, 7) is 10.7. The Hall–Kier alpha value is -6.58. The number of ether oxygens (including phenoxy) is 1. The Labute approximate surface area is 438 Å². The second kappa shape index (κ2) is 23.3. The molecule has 2 saturated heterocycles. The lowest BCUT2D eigenvalue weighted by molar-refractivity contribution is -0.145. The highest BCUT2D eigenvalue weighted by atomic mass is 32.1.